The molecule has 0 aliphatic carbocycles. The lowest BCUT2D eigenvalue weighted by molar-refractivity contribution is -0.0554. The molecule has 0 bridgehead atoms. The maximum Gasteiger partial charge on any atom is 0.329 e. The number of methoxy groups -OCH3 is 1. The maximum absolute atomic E-state index is 12.3. The Morgan fingerprint density at radius 3 is 2.54 bits per heavy atom. The van der Waals surface area contributed by atoms with Crippen LogP contribution < -0.4 is 11.2 Å². The minimum Gasteiger partial charge on any atom is -0.410 e. The van der Waals surface area contributed by atoms with Crippen molar-refractivity contribution in [2.45, 2.75) is 68.7 Å². The Morgan fingerprint density at radius 1 is 1.42 bits per heavy atom. The number of aromatic nitrogens is 2. The van der Waals surface area contributed by atoms with Gasteiger partial charge < -0.3 is 14.3 Å². The molecule has 0 amide bonds. The van der Waals surface area contributed by atoms with Crippen LogP contribution >= 0.6 is 11.8 Å². The van der Waals surface area contributed by atoms with Gasteiger partial charge in [-0.3, -0.25) is 14.3 Å². The predicted molar refractivity (Wildman–Crippen MR) is 106 cm³/mol. The summed E-state index contributed by atoms with van der Waals surface area (Å²) in [5.41, 5.74) is -0.386. The fourth-order valence-electron chi connectivity index (χ4n) is 2.74. The quantitative estimate of drug-likeness (QED) is 0.734. The van der Waals surface area contributed by atoms with E-state index in [9.17, 15) is 14.7 Å². The van der Waals surface area contributed by atoms with Crippen LogP contribution in [0.2, 0.25) is 18.1 Å². The third-order valence-electron chi connectivity index (χ3n) is 5.51. The number of nitrogens with one attached hydrogen (secondary N) is 1. The Kier molecular flexibility index (Phi) is 5.99. The molecule has 2 N–H and O–H groups in total. The SMILES string of the molecule is CO[C@@]1(CO)S[C@@H](n2cc(C)c(=O)[nH]c2=O)C[C@@H]1O[Si](C)(C)C(C)(C)C. The van der Waals surface area contributed by atoms with Gasteiger partial charge in [0, 0.05) is 25.3 Å². The molecule has 26 heavy (non-hydrogen) atoms. The zero-order valence-electron chi connectivity index (χ0n) is 16.6. The summed E-state index contributed by atoms with van der Waals surface area (Å²) in [6, 6.07) is 0. The van der Waals surface area contributed by atoms with Crippen LogP contribution in [0.4, 0.5) is 0 Å². The van der Waals surface area contributed by atoms with Crippen molar-refractivity contribution in [1.29, 1.82) is 0 Å². The second kappa shape index (κ2) is 7.27. The Morgan fingerprint density at radius 2 is 2.04 bits per heavy atom. The number of nitrogens with zero attached hydrogens (tertiary/aromatic N) is 1. The van der Waals surface area contributed by atoms with Crippen LogP contribution in [0.25, 0.3) is 0 Å². The summed E-state index contributed by atoms with van der Waals surface area (Å²) < 4.78 is 13.7. The lowest BCUT2D eigenvalue weighted by Crippen LogP contribution is -2.51. The fraction of sp³-hybridized carbons (Fsp3) is 0.765. The number of aromatic amines is 1. The molecule has 2 rings (SSSR count). The zero-order valence-corrected chi connectivity index (χ0v) is 18.4. The average molecular weight is 403 g/mol. The Bertz CT molecular complexity index is 764. The van der Waals surface area contributed by atoms with Gasteiger partial charge in [0.2, 0.25) is 0 Å². The van der Waals surface area contributed by atoms with Crippen LogP contribution in [0.5, 0.6) is 0 Å². The van der Waals surface area contributed by atoms with Gasteiger partial charge in [-0.1, -0.05) is 32.5 Å². The Hall–Kier alpha value is -0.873. The molecule has 0 radical (unpaired) electrons. The number of aryl methyl sites for hydroxylation is 1. The fourth-order valence-corrected chi connectivity index (χ4v) is 5.65. The summed E-state index contributed by atoms with van der Waals surface area (Å²) in [6.07, 6.45) is 1.72. The second-order valence-electron chi connectivity index (χ2n) is 8.33. The third kappa shape index (κ3) is 3.86. The summed E-state index contributed by atoms with van der Waals surface area (Å²) in [5, 5.41) is 9.78. The number of ether oxygens (including phenoxy) is 1. The molecule has 3 atom stereocenters. The topological polar surface area (TPSA) is 93.5 Å². The van der Waals surface area contributed by atoms with Gasteiger partial charge in [0.25, 0.3) is 5.56 Å². The first-order chi connectivity index (χ1) is 11.9. The van der Waals surface area contributed by atoms with Crippen LogP contribution in [-0.4, -0.2) is 47.7 Å². The molecule has 148 valence electrons. The van der Waals surface area contributed by atoms with Crippen molar-refractivity contribution in [3.05, 3.63) is 32.6 Å². The van der Waals surface area contributed by atoms with Gasteiger partial charge in [0.15, 0.2) is 13.3 Å². The van der Waals surface area contributed by atoms with E-state index in [-0.39, 0.29) is 28.7 Å². The van der Waals surface area contributed by atoms with E-state index in [2.05, 4.69) is 38.8 Å². The lowest BCUT2D eigenvalue weighted by atomic mass is 10.1. The van der Waals surface area contributed by atoms with E-state index >= 15 is 0 Å². The van der Waals surface area contributed by atoms with Gasteiger partial charge in [0.05, 0.1) is 18.1 Å². The first-order valence-corrected chi connectivity index (χ1v) is 12.5. The van der Waals surface area contributed by atoms with Crippen LogP contribution in [0.3, 0.4) is 0 Å². The highest BCUT2D eigenvalue weighted by Crippen LogP contribution is 2.52. The molecule has 0 saturated carbocycles. The summed E-state index contributed by atoms with van der Waals surface area (Å²) in [7, 11) is -0.555. The van der Waals surface area contributed by atoms with E-state index in [1.807, 2.05) is 0 Å². The van der Waals surface area contributed by atoms with Crippen molar-refractivity contribution in [2.24, 2.45) is 0 Å². The van der Waals surface area contributed by atoms with E-state index in [1.165, 1.54) is 16.3 Å². The number of aliphatic hydroxyl groups is 1. The normalized spacial score (nSPS) is 27.1. The molecule has 1 aromatic rings. The molecule has 7 nitrogen and oxygen atoms in total. The van der Waals surface area contributed by atoms with Crippen molar-refractivity contribution < 1.29 is 14.3 Å². The molecular weight excluding hydrogens is 372 g/mol. The van der Waals surface area contributed by atoms with E-state index in [4.69, 9.17) is 9.16 Å². The van der Waals surface area contributed by atoms with Crippen LogP contribution in [0, 0.1) is 6.92 Å². The molecule has 9 heteroatoms. The monoisotopic (exact) mass is 402 g/mol. The van der Waals surface area contributed by atoms with Crippen molar-refractivity contribution in [3.8, 4) is 0 Å². The summed E-state index contributed by atoms with van der Waals surface area (Å²) in [4.78, 5) is 25.3. The van der Waals surface area contributed by atoms with Crippen molar-refractivity contribution >= 4 is 20.1 Å². The second-order valence-corrected chi connectivity index (χ2v) is 14.6. The van der Waals surface area contributed by atoms with Crippen molar-refractivity contribution in [1.82, 2.24) is 9.55 Å². The molecule has 1 saturated heterocycles. The van der Waals surface area contributed by atoms with Gasteiger partial charge in [0.1, 0.15) is 0 Å². The molecule has 0 aromatic carbocycles. The van der Waals surface area contributed by atoms with Crippen molar-refractivity contribution in [2.75, 3.05) is 13.7 Å². The summed E-state index contributed by atoms with van der Waals surface area (Å²) in [6.45, 7) is 12.2. The molecule has 0 unspecified atom stereocenters. The Balaban J connectivity index is 2.40. The van der Waals surface area contributed by atoms with Crippen LogP contribution in [0.15, 0.2) is 15.8 Å². The third-order valence-corrected chi connectivity index (χ3v) is 11.6. The molecular formula is C17H30N2O5SSi. The first-order valence-electron chi connectivity index (χ1n) is 8.70. The summed E-state index contributed by atoms with van der Waals surface area (Å²) in [5.74, 6) is 0. The summed E-state index contributed by atoms with van der Waals surface area (Å²) >= 11 is 1.37. The van der Waals surface area contributed by atoms with Gasteiger partial charge in [-0.2, -0.15) is 0 Å². The van der Waals surface area contributed by atoms with Crippen molar-refractivity contribution in [3.63, 3.8) is 0 Å². The molecule has 1 aliphatic heterocycles. The minimum absolute atomic E-state index is 0.0100. The average Bonchev–Trinajstić information content (AvgIpc) is 2.88. The highest BCUT2D eigenvalue weighted by Gasteiger charge is 2.53. The predicted octanol–water partition coefficient (Wildman–Crippen LogP) is 2.21. The highest BCUT2D eigenvalue weighted by molar-refractivity contribution is 8.00. The molecule has 1 fully saturated rings. The van der Waals surface area contributed by atoms with Crippen LogP contribution in [0.1, 0.15) is 38.1 Å². The van der Waals surface area contributed by atoms with Gasteiger partial charge in [-0.05, 0) is 25.1 Å². The molecule has 2 heterocycles. The standard InChI is InChI=1S/C17H30N2O5SSi/c1-11-9-19(15(22)18-14(11)21)13-8-12(17(10-20,23-5)25-13)24-26(6,7)16(2,3)4/h9,12-13,20H,8,10H2,1-7H3,(H,18,21,22)/t12-,13+,17-/m0/s1. The number of hydrogen-bond donors (Lipinski definition) is 2. The smallest absolute Gasteiger partial charge is 0.329 e. The Labute approximate surface area is 159 Å². The number of thioether (sulfide) groups is 1. The molecule has 1 aliphatic rings. The maximum atomic E-state index is 12.3. The first kappa shape index (κ1) is 21.4. The number of rotatable bonds is 5. The van der Waals surface area contributed by atoms with E-state index in [1.54, 1.807) is 20.2 Å². The number of hydrogen-bond acceptors (Lipinski definition) is 6. The molecule has 0 spiro atoms. The minimum atomic E-state index is -2.10. The largest absolute Gasteiger partial charge is 0.410 e. The van der Waals surface area contributed by atoms with E-state index in [0.717, 1.165) is 0 Å². The van der Waals surface area contributed by atoms with E-state index < -0.39 is 18.9 Å². The zero-order chi connectivity index (χ0) is 19.9. The van der Waals surface area contributed by atoms with Gasteiger partial charge in [-0.25, -0.2) is 4.79 Å². The lowest BCUT2D eigenvalue weighted by Gasteiger charge is -2.42. The highest BCUT2D eigenvalue weighted by atomic mass is 32.2. The molecule has 1 aromatic heterocycles. The van der Waals surface area contributed by atoms with Crippen LogP contribution in [-0.2, 0) is 9.16 Å². The van der Waals surface area contributed by atoms with E-state index in [0.29, 0.717) is 12.0 Å². The number of H-pyrrole nitrogens is 1. The van der Waals surface area contributed by atoms with Gasteiger partial charge >= 0.3 is 5.69 Å². The number of aliphatic hydroxyl groups excluding tert-OH is 1. The van der Waals surface area contributed by atoms with Gasteiger partial charge in [-0.15, -0.1) is 0 Å².